The third-order valence-corrected chi connectivity index (χ3v) is 2.43. The van der Waals surface area contributed by atoms with Crippen LogP contribution in [0.3, 0.4) is 0 Å². The molecule has 0 N–H and O–H groups in total. The molecule has 0 spiro atoms. The van der Waals surface area contributed by atoms with E-state index in [-0.39, 0.29) is 12.4 Å². The van der Waals surface area contributed by atoms with Crippen molar-refractivity contribution in [3.05, 3.63) is 59.4 Å². The van der Waals surface area contributed by atoms with Crippen LogP contribution in [0.1, 0.15) is 0 Å². The van der Waals surface area contributed by atoms with Crippen molar-refractivity contribution in [3.8, 4) is 11.5 Å². The van der Waals surface area contributed by atoms with Gasteiger partial charge >= 0.3 is 5.97 Å². The van der Waals surface area contributed by atoms with Crippen LogP contribution in [0.5, 0.6) is 11.5 Å². The number of rotatable bonds is 4. The van der Waals surface area contributed by atoms with Gasteiger partial charge in [0.25, 0.3) is 0 Å². The molecule has 5 heteroatoms. The molecule has 2 aromatic rings. The third kappa shape index (κ3) is 4.26. The molecule has 0 saturated heterocycles. The van der Waals surface area contributed by atoms with E-state index in [4.69, 9.17) is 21.1 Å². The summed E-state index contributed by atoms with van der Waals surface area (Å²) in [4.78, 5) is 11.5. The normalized spacial score (nSPS) is 10.0. The average molecular weight is 281 g/mol. The minimum atomic E-state index is -0.577. The summed E-state index contributed by atoms with van der Waals surface area (Å²) in [6.45, 7) is -0.252. The molecular formula is C14H10ClFO3. The fourth-order valence-electron chi connectivity index (χ4n) is 1.36. The average Bonchev–Trinajstić information content (AvgIpc) is 2.39. The number of benzene rings is 2. The molecule has 19 heavy (non-hydrogen) atoms. The second-order valence-electron chi connectivity index (χ2n) is 3.67. The van der Waals surface area contributed by atoms with E-state index < -0.39 is 11.8 Å². The maximum atomic E-state index is 12.7. The highest BCUT2D eigenvalue weighted by Gasteiger charge is 2.06. The number of carbonyl (C=O) groups is 1. The lowest BCUT2D eigenvalue weighted by Crippen LogP contribution is -2.17. The highest BCUT2D eigenvalue weighted by atomic mass is 35.5. The molecule has 0 radical (unpaired) electrons. The molecule has 0 fully saturated rings. The van der Waals surface area contributed by atoms with E-state index in [1.807, 2.05) is 0 Å². The molecule has 0 aromatic heterocycles. The van der Waals surface area contributed by atoms with Crippen molar-refractivity contribution in [2.75, 3.05) is 6.61 Å². The minimum Gasteiger partial charge on any atom is -0.482 e. The Kier molecular flexibility index (Phi) is 4.36. The van der Waals surface area contributed by atoms with E-state index in [1.165, 1.54) is 24.3 Å². The number of hydrogen-bond acceptors (Lipinski definition) is 3. The van der Waals surface area contributed by atoms with Crippen molar-refractivity contribution in [1.82, 2.24) is 0 Å². The first kappa shape index (κ1) is 13.4. The summed E-state index contributed by atoms with van der Waals surface area (Å²) in [7, 11) is 0. The van der Waals surface area contributed by atoms with E-state index in [2.05, 4.69) is 0 Å². The van der Waals surface area contributed by atoms with Crippen molar-refractivity contribution >= 4 is 17.6 Å². The molecule has 0 aliphatic rings. The van der Waals surface area contributed by atoms with Gasteiger partial charge in [-0.25, -0.2) is 9.18 Å². The Labute approximate surface area is 114 Å². The quantitative estimate of drug-likeness (QED) is 0.635. The zero-order valence-corrected chi connectivity index (χ0v) is 10.6. The number of esters is 1. The van der Waals surface area contributed by atoms with Gasteiger partial charge in [0.2, 0.25) is 0 Å². The Hall–Kier alpha value is -2.07. The number of halogens is 2. The molecule has 0 atom stereocenters. The highest BCUT2D eigenvalue weighted by molar-refractivity contribution is 6.30. The van der Waals surface area contributed by atoms with E-state index in [1.54, 1.807) is 24.3 Å². The van der Waals surface area contributed by atoms with Gasteiger partial charge in [-0.3, -0.25) is 0 Å². The van der Waals surface area contributed by atoms with Crippen molar-refractivity contribution in [2.24, 2.45) is 0 Å². The Balaban J connectivity index is 1.86. The van der Waals surface area contributed by atoms with Crippen LogP contribution in [0.25, 0.3) is 0 Å². The predicted octanol–water partition coefficient (Wildman–Crippen LogP) is 3.46. The molecule has 0 aliphatic carbocycles. The van der Waals surface area contributed by atoms with Crippen LogP contribution < -0.4 is 9.47 Å². The van der Waals surface area contributed by atoms with E-state index in [0.29, 0.717) is 10.8 Å². The molecule has 3 nitrogen and oxygen atoms in total. The standard InChI is InChI=1S/C14H10ClFO3/c15-10-2-1-3-13(8-10)18-9-14(17)19-12-6-4-11(16)5-7-12/h1-8H,9H2. The first-order chi connectivity index (χ1) is 9.13. The van der Waals surface area contributed by atoms with Crippen LogP contribution in [0.4, 0.5) is 4.39 Å². The Morgan fingerprint density at radius 2 is 1.84 bits per heavy atom. The zero-order valence-electron chi connectivity index (χ0n) is 9.81. The maximum Gasteiger partial charge on any atom is 0.349 e. The van der Waals surface area contributed by atoms with E-state index in [0.717, 1.165) is 0 Å². The van der Waals surface area contributed by atoms with Gasteiger partial charge in [0, 0.05) is 5.02 Å². The molecule has 0 saturated carbocycles. The van der Waals surface area contributed by atoms with Gasteiger partial charge in [0.05, 0.1) is 0 Å². The third-order valence-electron chi connectivity index (χ3n) is 2.20. The van der Waals surface area contributed by atoms with E-state index >= 15 is 0 Å². The lowest BCUT2D eigenvalue weighted by molar-refractivity contribution is -0.136. The monoisotopic (exact) mass is 280 g/mol. The van der Waals surface area contributed by atoms with Gasteiger partial charge in [0.1, 0.15) is 17.3 Å². The summed E-state index contributed by atoms with van der Waals surface area (Å²) >= 11 is 5.77. The lowest BCUT2D eigenvalue weighted by Gasteiger charge is -2.06. The van der Waals surface area contributed by atoms with Gasteiger partial charge in [-0.05, 0) is 42.5 Å². The minimum absolute atomic E-state index is 0.252. The second-order valence-corrected chi connectivity index (χ2v) is 4.11. The zero-order chi connectivity index (χ0) is 13.7. The number of hydrogen-bond donors (Lipinski definition) is 0. The smallest absolute Gasteiger partial charge is 0.349 e. The fourth-order valence-corrected chi connectivity index (χ4v) is 1.54. The molecule has 0 unspecified atom stereocenters. The van der Waals surface area contributed by atoms with Crippen molar-refractivity contribution in [2.45, 2.75) is 0 Å². The van der Waals surface area contributed by atoms with Crippen molar-refractivity contribution in [3.63, 3.8) is 0 Å². The highest BCUT2D eigenvalue weighted by Crippen LogP contribution is 2.17. The summed E-state index contributed by atoms with van der Waals surface area (Å²) in [5, 5.41) is 0.518. The second kappa shape index (κ2) is 6.20. The van der Waals surface area contributed by atoms with Crippen LogP contribution in [-0.4, -0.2) is 12.6 Å². The molecule has 2 rings (SSSR count). The van der Waals surface area contributed by atoms with Crippen LogP contribution in [0, 0.1) is 5.82 Å². The van der Waals surface area contributed by atoms with E-state index in [9.17, 15) is 9.18 Å². The Morgan fingerprint density at radius 1 is 1.11 bits per heavy atom. The van der Waals surface area contributed by atoms with Crippen molar-refractivity contribution < 1.29 is 18.7 Å². The van der Waals surface area contributed by atoms with Crippen LogP contribution in [0.15, 0.2) is 48.5 Å². The SMILES string of the molecule is O=C(COc1cccc(Cl)c1)Oc1ccc(F)cc1. The van der Waals surface area contributed by atoms with Crippen LogP contribution >= 0.6 is 11.6 Å². The Morgan fingerprint density at radius 3 is 2.53 bits per heavy atom. The topological polar surface area (TPSA) is 35.5 Å². The summed E-state index contributed by atoms with van der Waals surface area (Å²) in [6.07, 6.45) is 0. The van der Waals surface area contributed by atoms with Crippen LogP contribution in [-0.2, 0) is 4.79 Å². The van der Waals surface area contributed by atoms with Gasteiger partial charge in [0.15, 0.2) is 6.61 Å². The summed E-state index contributed by atoms with van der Waals surface area (Å²) in [5.74, 6) is -0.230. The predicted molar refractivity (Wildman–Crippen MR) is 69.0 cm³/mol. The number of ether oxygens (including phenoxy) is 2. The van der Waals surface area contributed by atoms with Crippen LogP contribution in [0.2, 0.25) is 5.02 Å². The van der Waals surface area contributed by atoms with Gasteiger partial charge in [-0.15, -0.1) is 0 Å². The van der Waals surface area contributed by atoms with Crippen molar-refractivity contribution in [1.29, 1.82) is 0 Å². The molecular weight excluding hydrogens is 271 g/mol. The summed E-state index contributed by atoms with van der Waals surface area (Å²) in [6, 6.07) is 11.8. The van der Waals surface area contributed by atoms with Gasteiger partial charge in [-0.1, -0.05) is 17.7 Å². The summed E-state index contributed by atoms with van der Waals surface area (Å²) in [5.41, 5.74) is 0. The first-order valence-corrected chi connectivity index (χ1v) is 5.86. The fraction of sp³-hybridized carbons (Fsp3) is 0.0714. The number of carbonyl (C=O) groups excluding carboxylic acids is 1. The first-order valence-electron chi connectivity index (χ1n) is 5.48. The molecule has 2 aromatic carbocycles. The van der Waals surface area contributed by atoms with Gasteiger partial charge < -0.3 is 9.47 Å². The summed E-state index contributed by atoms with van der Waals surface area (Å²) < 4.78 is 22.8. The molecule has 0 aliphatic heterocycles. The molecule has 0 heterocycles. The molecule has 98 valence electrons. The van der Waals surface area contributed by atoms with Gasteiger partial charge in [-0.2, -0.15) is 0 Å². The largest absolute Gasteiger partial charge is 0.482 e. The molecule has 0 bridgehead atoms. The molecule has 0 amide bonds. The maximum absolute atomic E-state index is 12.7. The lowest BCUT2D eigenvalue weighted by atomic mass is 10.3. The Bertz CT molecular complexity index is 569.